The highest BCUT2D eigenvalue weighted by Gasteiger charge is 2.68. The Labute approximate surface area is 356 Å². The third kappa shape index (κ3) is 5.60. The molecule has 5 heterocycles. The van der Waals surface area contributed by atoms with Crippen molar-refractivity contribution < 1.29 is 29.0 Å². The molecular weight excluding hydrogens is 798 g/mol. The number of imide groups is 2. The minimum atomic E-state index is -1.34. The largest absolute Gasteiger partial charge is 0.507 e. The zero-order valence-corrected chi connectivity index (χ0v) is 35.1. The first-order valence-electron chi connectivity index (χ1n) is 20.5. The van der Waals surface area contributed by atoms with Crippen LogP contribution in [0.2, 0.25) is 5.02 Å². The van der Waals surface area contributed by atoms with Gasteiger partial charge in [0.1, 0.15) is 17.3 Å². The van der Waals surface area contributed by atoms with Crippen molar-refractivity contribution in [1.82, 2.24) is 9.78 Å². The molecular formula is C47H44ClN5O6S. The maximum atomic E-state index is 15.3. The van der Waals surface area contributed by atoms with E-state index in [1.807, 2.05) is 80.6 Å². The molecule has 4 amide bonds. The van der Waals surface area contributed by atoms with Crippen molar-refractivity contribution in [3.63, 3.8) is 0 Å². The van der Waals surface area contributed by atoms with E-state index in [4.69, 9.17) is 21.4 Å². The van der Waals surface area contributed by atoms with E-state index < -0.39 is 46.8 Å². The van der Waals surface area contributed by atoms with Crippen molar-refractivity contribution in [3.05, 3.63) is 113 Å². The number of hydrogen-bond donors (Lipinski definition) is 1. The fraction of sp³-hybridized carbons (Fsp3) is 0.340. The maximum Gasteiger partial charge on any atom is 0.242 e. The number of ether oxygens (including phenoxy) is 1. The Morgan fingerprint density at radius 3 is 2.47 bits per heavy atom. The third-order valence-electron chi connectivity index (χ3n) is 13.8. The number of rotatable bonds is 7. The second-order valence-corrected chi connectivity index (χ2v) is 18.3. The lowest BCUT2D eigenvalue weighted by Gasteiger charge is -2.49. The Morgan fingerprint density at radius 2 is 1.72 bits per heavy atom. The van der Waals surface area contributed by atoms with Gasteiger partial charge in [0.05, 0.1) is 46.9 Å². The predicted octanol–water partition coefficient (Wildman–Crippen LogP) is 7.97. The topological polar surface area (TPSA) is 125 Å². The van der Waals surface area contributed by atoms with Crippen LogP contribution in [0.1, 0.15) is 42.4 Å². The Balaban J connectivity index is 1.05. The molecule has 2 aliphatic carbocycles. The third-order valence-corrected chi connectivity index (χ3v) is 15.3. The number of fused-ring (bicyclic) bond motifs is 5. The van der Waals surface area contributed by atoms with Crippen LogP contribution in [0.25, 0.3) is 20.7 Å². The molecule has 11 nitrogen and oxygen atoms in total. The van der Waals surface area contributed by atoms with E-state index in [1.54, 1.807) is 35.2 Å². The van der Waals surface area contributed by atoms with Crippen molar-refractivity contribution >= 4 is 73.8 Å². The number of carbonyl (C=O) groups excluding carboxylic acids is 4. The number of aromatic hydroxyl groups is 1. The van der Waals surface area contributed by atoms with Gasteiger partial charge in [-0.3, -0.25) is 28.8 Å². The minimum Gasteiger partial charge on any atom is -0.507 e. The monoisotopic (exact) mass is 841 g/mol. The summed E-state index contributed by atoms with van der Waals surface area (Å²) in [6, 6.07) is 20.6. The van der Waals surface area contributed by atoms with Crippen molar-refractivity contribution in [2.75, 3.05) is 41.0 Å². The lowest BCUT2D eigenvalue weighted by atomic mass is 9.51. The van der Waals surface area contributed by atoms with E-state index in [0.717, 1.165) is 44.9 Å². The second-order valence-electron chi connectivity index (χ2n) is 16.8. The molecule has 0 spiro atoms. The number of aryl methyl sites for hydroxylation is 2. The molecule has 5 aromatic rings. The molecule has 4 fully saturated rings. The summed E-state index contributed by atoms with van der Waals surface area (Å²) in [6.07, 6.45) is 4.60. The molecule has 1 saturated carbocycles. The van der Waals surface area contributed by atoms with Gasteiger partial charge >= 0.3 is 0 Å². The number of carbonyl (C=O) groups is 4. The molecule has 10 rings (SSSR count). The van der Waals surface area contributed by atoms with E-state index in [2.05, 4.69) is 11.5 Å². The number of aromatic nitrogens is 2. The van der Waals surface area contributed by atoms with E-state index >= 15 is 9.59 Å². The maximum absolute atomic E-state index is 15.3. The first-order chi connectivity index (χ1) is 28.9. The highest BCUT2D eigenvalue weighted by atomic mass is 35.5. The van der Waals surface area contributed by atoms with E-state index in [1.165, 1.54) is 9.80 Å². The SMILES string of the molecule is C=CCc1cccc([C@H]2C3=CC[C@@H]4C(=O)N(c5ccc(N6CCOCC6)cc5)C(=O)[C@@H]4[C@@H]3C[C@H]3C(=O)N(c4cc(-c5sc6ccc(Cl)cc6c5C)nn4C)C(=O)[C@@]23C)c1O. The van der Waals surface area contributed by atoms with Crippen molar-refractivity contribution in [2.45, 2.75) is 39.0 Å². The van der Waals surface area contributed by atoms with Crippen LogP contribution in [0.15, 0.2) is 91.0 Å². The number of anilines is 3. The highest BCUT2D eigenvalue weighted by molar-refractivity contribution is 7.22. The molecule has 306 valence electrons. The molecule has 3 saturated heterocycles. The van der Waals surface area contributed by atoms with Gasteiger partial charge in [0.25, 0.3) is 0 Å². The van der Waals surface area contributed by atoms with Gasteiger partial charge in [-0.05, 0) is 98.0 Å². The summed E-state index contributed by atoms with van der Waals surface area (Å²) in [5.74, 6) is -4.53. The average Bonchev–Trinajstić information content (AvgIpc) is 3.92. The van der Waals surface area contributed by atoms with Crippen molar-refractivity contribution in [2.24, 2.45) is 36.1 Å². The number of para-hydroxylation sites is 1. The van der Waals surface area contributed by atoms with Gasteiger partial charge in [-0.25, -0.2) is 4.90 Å². The number of phenolic OH excluding ortho intramolecular Hbond substituents is 1. The number of hydrogen-bond acceptors (Lipinski definition) is 9. The van der Waals surface area contributed by atoms with E-state index in [-0.39, 0.29) is 24.0 Å². The number of halogens is 1. The van der Waals surface area contributed by atoms with Crippen LogP contribution in [0.4, 0.5) is 17.2 Å². The molecule has 5 aliphatic rings. The quantitative estimate of drug-likeness (QED) is 0.129. The summed E-state index contributed by atoms with van der Waals surface area (Å²) in [6.45, 7) is 10.5. The van der Waals surface area contributed by atoms with Crippen molar-refractivity contribution in [3.8, 4) is 16.3 Å². The van der Waals surface area contributed by atoms with Crippen LogP contribution in [0, 0.1) is 36.0 Å². The average molecular weight is 842 g/mol. The van der Waals surface area contributed by atoms with Gasteiger partial charge in [-0.1, -0.05) is 47.5 Å². The molecule has 0 bridgehead atoms. The molecule has 0 radical (unpaired) electrons. The molecule has 6 atom stereocenters. The standard InChI is InChI=1S/C47H44ClN5O6S/c1-5-7-26-8-6-9-32(41(26)54)40-30-15-16-31-39(45(57)52(43(31)55)29-13-11-28(12-14-29)51-18-20-59-21-19-51)34(30)23-35-44(56)53(46(58)47(35,40)3)38-24-36(49-50(38)4)42-25(2)33-22-27(48)10-17-37(33)60-42/h5-6,8-15,17,22,24,31,34-35,39-40,54H,1,7,16,18-21,23H2,2-4H3/t31-,34+,35-,39-,40+,47+/m0/s1. The van der Waals surface area contributed by atoms with E-state index in [9.17, 15) is 14.7 Å². The van der Waals surface area contributed by atoms with Crippen LogP contribution in [0.5, 0.6) is 5.75 Å². The second kappa shape index (κ2) is 14.3. The number of allylic oxidation sites excluding steroid dienone is 3. The molecule has 13 heteroatoms. The Hall–Kier alpha value is -5.56. The molecule has 60 heavy (non-hydrogen) atoms. The molecule has 3 aliphatic heterocycles. The normalized spacial score (nSPS) is 26.4. The van der Waals surface area contributed by atoms with Crippen LogP contribution in [-0.4, -0.2) is 64.8 Å². The van der Waals surface area contributed by atoms with Crippen LogP contribution < -0.4 is 14.7 Å². The summed E-state index contributed by atoms with van der Waals surface area (Å²) < 4.78 is 8.13. The first kappa shape index (κ1) is 38.6. The zero-order chi connectivity index (χ0) is 41.8. The number of morpholine rings is 1. The van der Waals surface area contributed by atoms with Gasteiger partial charge in [0, 0.05) is 53.1 Å². The fourth-order valence-corrected chi connectivity index (χ4v) is 12.2. The summed E-state index contributed by atoms with van der Waals surface area (Å²) in [5.41, 5.74) is 3.74. The molecule has 0 unspecified atom stereocenters. The Kier molecular flexibility index (Phi) is 9.19. The van der Waals surface area contributed by atoms with Gasteiger partial charge in [-0.15, -0.1) is 17.9 Å². The Morgan fingerprint density at radius 1 is 0.967 bits per heavy atom. The summed E-state index contributed by atoms with van der Waals surface area (Å²) in [4.78, 5) is 65.1. The lowest BCUT2D eigenvalue weighted by molar-refractivity contribution is -0.131. The number of nitrogens with zero attached hydrogens (tertiary/aromatic N) is 5. The fourth-order valence-electron chi connectivity index (χ4n) is 10.8. The van der Waals surface area contributed by atoms with Crippen LogP contribution >= 0.6 is 22.9 Å². The van der Waals surface area contributed by atoms with Gasteiger partial charge in [0.2, 0.25) is 23.6 Å². The molecule has 2 aromatic heterocycles. The molecule has 3 aromatic carbocycles. The molecule has 1 N–H and O–H groups in total. The van der Waals surface area contributed by atoms with E-state index in [0.29, 0.717) is 59.4 Å². The predicted molar refractivity (Wildman–Crippen MR) is 232 cm³/mol. The Bertz CT molecular complexity index is 2700. The minimum absolute atomic E-state index is 0.0312. The van der Waals surface area contributed by atoms with Crippen LogP contribution in [-0.2, 0) is 37.4 Å². The number of benzene rings is 3. The summed E-state index contributed by atoms with van der Waals surface area (Å²) in [5, 5.41) is 18.4. The first-order valence-corrected chi connectivity index (χ1v) is 21.6. The van der Waals surface area contributed by atoms with Gasteiger partial charge in [-0.2, -0.15) is 5.10 Å². The lowest BCUT2D eigenvalue weighted by Crippen LogP contribution is -2.49. The number of amides is 4. The van der Waals surface area contributed by atoms with Gasteiger partial charge < -0.3 is 14.7 Å². The smallest absolute Gasteiger partial charge is 0.242 e. The van der Waals surface area contributed by atoms with Crippen molar-refractivity contribution in [1.29, 1.82) is 0 Å². The number of thiophene rings is 1. The van der Waals surface area contributed by atoms with Crippen LogP contribution in [0.3, 0.4) is 0 Å². The van der Waals surface area contributed by atoms with Gasteiger partial charge in [0.15, 0.2) is 0 Å². The summed E-state index contributed by atoms with van der Waals surface area (Å²) in [7, 11) is 1.73. The zero-order valence-electron chi connectivity index (χ0n) is 33.6. The number of phenols is 1. The summed E-state index contributed by atoms with van der Waals surface area (Å²) >= 11 is 7.92. The highest BCUT2D eigenvalue weighted by Crippen LogP contribution is 2.65.